The van der Waals surface area contributed by atoms with Gasteiger partial charge in [-0.25, -0.2) is 0 Å². The van der Waals surface area contributed by atoms with Gasteiger partial charge in [-0.2, -0.15) is 0 Å². The molecule has 0 spiro atoms. The Morgan fingerprint density at radius 3 is 0.750 bits per heavy atom. The molecule has 0 fully saturated rings. The van der Waals surface area contributed by atoms with Crippen LogP contribution >= 0.6 is 0 Å². The Bertz CT molecular complexity index is 282. The minimum atomic E-state index is -8.05. The molecule has 0 aromatic heterocycles. The van der Waals surface area contributed by atoms with Crippen molar-refractivity contribution in [1.29, 1.82) is 0 Å². The molecule has 0 radical (unpaired) electrons. The third-order valence-electron chi connectivity index (χ3n) is 0. The van der Waals surface area contributed by atoms with E-state index in [9.17, 15) is 0 Å². The van der Waals surface area contributed by atoms with E-state index in [1.165, 1.54) is 0 Å². The van der Waals surface area contributed by atoms with E-state index >= 15 is 0 Å². The molecule has 0 saturated carbocycles. The van der Waals surface area contributed by atoms with Crippen LogP contribution in [0.4, 0.5) is 0 Å². The average Bonchev–Trinajstić information content (AvgIpc) is 0.650. The maximum Gasteiger partial charge on any atom is 0 e. The van der Waals surface area contributed by atoms with Crippen LogP contribution in [0.15, 0.2) is 0 Å². The molecule has 0 saturated heterocycles. The Hall–Kier alpha value is 0.922. The summed E-state index contributed by atoms with van der Waals surface area (Å²) in [5.74, 6) is 0. The summed E-state index contributed by atoms with van der Waals surface area (Å²) in [6.07, 6.45) is 0. The monoisotopic (exact) mass is 503 g/mol. The second kappa shape index (κ2) is 3.18. The quantitative estimate of drug-likeness (QED) is 0.413. The van der Waals surface area contributed by atoms with Crippen molar-refractivity contribution in [3.8, 4) is 0 Å². The van der Waals surface area contributed by atoms with Crippen molar-refractivity contribution in [3.05, 3.63) is 0 Å². The van der Waals surface area contributed by atoms with Crippen LogP contribution in [0.5, 0.6) is 0 Å². The van der Waals surface area contributed by atoms with Gasteiger partial charge < -0.3 is 0 Å². The first-order valence-corrected chi connectivity index (χ1v) is 7.47. The summed E-state index contributed by atoms with van der Waals surface area (Å²) in [4.78, 5) is 0. The van der Waals surface area contributed by atoms with Gasteiger partial charge in [0.05, 0.1) is 0 Å². The van der Waals surface area contributed by atoms with E-state index in [0.29, 0.717) is 0 Å². The Morgan fingerprint density at radius 2 is 0.750 bits per heavy atom. The second-order valence-electron chi connectivity index (χ2n) is 0.745. The van der Waals surface area contributed by atoms with E-state index in [0.717, 1.165) is 0 Å². The van der Waals surface area contributed by atoms with Crippen molar-refractivity contribution in [2.75, 3.05) is 0 Å². The third-order valence-corrected chi connectivity index (χ3v) is 0. The maximum absolute atomic E-state index is 8.67. The molecule has 0 aromatic carbocycles. The van der Waals surface area contributed by atoms with Crippen molar-refractivity contribution in [2.45, 2.75) is 0 Å². The Labute approximate surface area is 69.0 Å². The van der Waals surface area contributed by atoms with Gasteiger partial charge in [0.1, 0.15) is 0 Å². The summed E-state index contributed by atoms with van der Waals surface area (Å²) >= 11 is -8.05. The number of hydrogen-bond acceptors (Lipinski definition) is 5. The SMILES string of the molecule is [Ni].[O]=[Ta](=[O])(=[O])(=[O])=[O].[W]. The molecule has 51 valence electrons. The Kier molecular flexibility index (Phi) is 6.35. The van der Waals surface area contributed by atoms with Crippen molar-refractivity contribution in [1.82, 2.24) is 0 Å². The molecule has 5 nitrogen and oxygen atoms in total. The molecule has 0 bridgehead atoms. The largest absolute Gasteiger partial charge is 0 e. The zero-order valence-corrected chi connectivity index (χ0v) is 10.3. The van der Waals surface area contributed by atoms with Crippen LogP contribution in [0.2, 0.25) is 0 Å². The molecule has 0 aliphatic carbocycles. The molecule has 0 atom stereocenters. The first-order valence-electron chi connectivity index (χ1n) is 0.913. The van der Waals surface area contributed by atoms with E-state index in [1.807, 2.05) is 0 Å². The summed E-state index contributed by atoms with van der Waals surface area (Å²) < 4.78 is 43.4. The van der Waals surface area contributed by atoms with Gasteiger partial charge in [-0.1, -0.05) is 0 Å². The summed E-state index contributed by atoms with van der Waals surface area (Å²) in [5, 5.41) is 0. The fraction of sp³-hybridized carbons (Fsp3) is 0. The molecule has 0 amide bonds. The van der Waals surface area contributed by atoms with Gasteiger partial charge in [-0.05, 0) is 0 Å². The molecule has 0 heterocycles. The summed E-state index contributed by atoms with van der Waals surface area (Å²) in [7, 11) is 0. The van der Waals surface area contributed by atoms with Crippen LogP contribution < -0.4 is 0 Å². The first-order chi connectivity index (χ1) is 2.24. The van der Waals surface area contributed by atoms with Gasteiger partial charge in [0.2, 0.25) is 0 Å². The van der Waals surface area contributed by atoms with Gasteiger partial charge in [-0.15, -0.1) is 0 Å². The van der Waals surface area contributed by atoms with Gasteiger partial charge in [0.15, 0.2) is 0 Å². The van der Waals surface area contributed by atoms with Crippen LogP contribution in [0.1, 0.15) is 0 Å². The number of rotatable bonds is 0. The Balaban J connectivity index is -0.000000125. The standard InChI is InChI=1S/Ni.5O.Ta.W. The van der Waals surface area contributed by atoms with Crippen molar-refractivity contribution in [2.24, 2.45) is 0 Å². The van der Waals surface area contributed by atoms with E-state index in [2.05, 4.69) is 0 Å². The van der Waals surface area contributed by atoms with E-state index < -0.39 is 15.7 Å². The first kappa shape index (κ1) is 16.0. The molecule has 0 rings (SSSR count). The topological polar surface area (TPSA) is 85.3 Å². The summed E-state index contributed by atoms with van der Waals surface area (Å²) in [6.45, 7) is 0. The van der Waals surface area contributed by atoms with Gasteiger partial charge in [0, 0.05) is 37.6 Å². The van der Waals surface area contributed by atoms with Gasteiger partial charge >= 0.3 is 31.9 Å². The molecule has 0 N–H and O–H groups in total. The van der Waals surface area contributed by atoms with Crippen LogP contribution in [0.25, 0.3) is 0 Å². The molecular formula is NiO5TaW. The predicted molar refractivity (Wildman–Crippen MR) is 3.43 cm³/mol. The fourth-order valence-electron chi connectivity index (χ4n) is 0. The molecule has 8 heteroatoms. The van der Waals surface area contributed by atoms with Crippen molar-refractivity contribution in [3.63, 3.8) is 0 Å². The smallest absolute Gasteiger partial charge is 0 e. The minimum absolute atomic E-state index is 0. The molecular weight excluding hydrogens is 503 g/mol. The zero-order chi connectivity index (χ0) is 5.45. The van der Waals surface area contributed by atoms with E-state index in [-0.39, 0.29) is 37.6 Å². The van der Waals surface area contributed by atoms with E-state index in [1.54, 1.807) is 0 Å². The van der Waals surface area contributed by atoms with Crippen LogP contribution in [0.3, 0.4) is 0 Å². The van der Waals surface area contributed by atoms with Gasteiger partial charge in [0.25, 0.3) is 0 Å². The second-order valence-corrected chi connectivity index (χ2v) is 6.10. The van der Waals surface area contributed by atoms with E-state index in [4.69, 9.17) is 16.3 Å². The average molecular weight is 503 g/mol. The van der Waals surface area contributed by atoms with Crippen LogP contribution in [-0.4, -0.2) is 0 Å². The summed E-state index contributed by atoms with van der Waals surface area (Å²) in [6, 6.07) is 0. The van der Waals surface area contributed by atoms with Crippen LogP contribution in [-0.2, 0) is 69.5 Å². The summed E-state index contributed by atoms with van der Waals surface area (Å²) in [5.41, 5.74) is 0. The van der Waals surface area contributed by atoms with Gasteiger partial charge in [-0.3, -0.25) is 0 Å². The van der Waals surface area contributed by atoms with Crippen molar-refractivity contribution >= 4 is 0 Å². The third kappa shape index (κ3) is 286. The van der Waals surface area contributed by atoms with Crippen molar-refractivity contribution < 1.29 is 69.5 Å². The fourth-order valence-corrected chi connectivity index (χ4v) is 0. The molecule has 8 heavy (non-hydrogen) atoms. The molecule has 0 aliphatic heterocycles. The number of hydrogen-bond donors (Lipinski definition) is 0. The normalized spacial score (nSPS) is 7.50. The maximum atomic E-state index is 8.67. The molecule has 0 aliphatic rings. The molecule has 0 aromatic rings. The minimum Gasteiger partial charge on any atom is 0 e. The zero-order valence-electron chi connectivity index (χ0n) is 3.21. The Morgan fingerprint density at radius 1 is 0.750 bits per heavy atom. The predicted octanol–water partition coefficient (Wildman–Crippen LogP) is -0.601. The molecule has 0 unspecified atom stereocenters. The van der Waals surface area contributed by atoms with Crippen LogP contribution in [0, 0.1) is 0 Å².